The van der Waals surface area contributed by atoms with Gasteiger partial charge in [0.25, 0.3) is 0 Å². The summed E-state index contributed by atoms with van der Waals surface area (Å²) in [7, 11) is 1.70. The topological polar surface area (TPSA) is 62.7 Å². The summed E-state index contributed by atoms with van der Waals surface area (Å²) in [6.45, 7) is 5.31. The smallest absolute Gasteiger partial charge is 0.303 e. The third-order valence-corrected chi connectivity index (χ3v) is 8.40. The third-order valence-electron chi connectivity index (χ3n) is 7.43. The van der Waals surface area contributed by atoms with Gasteiger partial charge in [-0.2, -0.15) is 0 Å². The van der Waals surface area contributed by atoms with Crippen LogP contribution in [0.15, 0.2) is 59.6 Å². The molecule has 4 rings (SSSR count). The predicted octanol–water partition coefficient (Wildman–Crippen LogP) is 6.47. The molecule has 0 amide bonds. The van der Waals surface area contributed by atoms with Crippen molar-refractivity contribution in [2.75, 3.05) is 32.5 Å². The number of carbonyl (C=O) groups is 1. The number of ether oxygens (including phenoxy) is 1. The number of benzene rings is 2. The van der Waals surface area contributed by atoms with E-state index >= 15 is 0 Å². The van der Waals surface area contributed by atoms with Crippen LogP contribution in [0.1, 0.15) is 43.2 Å². The SMILES string of the molecule is COc1ccc2nccc(CCC[C@@H]3CCN(CCSc4cccc(C)c4)C[C@@H]3CCC(=O)O)c2c1. The normalized spacial score (nSPS) is 18.4. The van der Waals surface area contributed by atoms with E-state index in [0.29, 0.717) is 11.8 Å². The molecular weight excluding hydrogens is 468 g/mol. The van der Waals surface area contributed by atoms with Gasteiger partial charge in [-0.3, -0.25) is 9.78 Å². The van der Waals surface area contributed by atoms with Gasteiger partial charge in [0.2, 0.25) is 0 Å². The Morgan fingerprint density at radius 2 is 2.06 bits per heavy atom. The molecule has 0 unspecified atom stereocenters. The lowest BCUT2D eigenvalue weighted by molar-refractivity contribution is -0.137. The van der Waals surface area contributed by atoms with E-state index in [1.54, 1.807) is 7.11 Å². The molecule has 3 aromatic rings. The molecule has 1 aromatic heterocycles. The van der Waals surface area contributed by atoms with Crippen molar-refractivity contribution < 1.29 is 14.6 Å². The average molecular weight is 507 g/mol. The van der Waals surface area contributed by atoms with Crippen molar-refractivity contribution in [3.05, 3.63) is 65.9 Å². The maximum absolute atomic E-state index is 11.3. The zero-order valence-electron chi connectivity index (χ0n) is 21.5. The number of fused-ring (bicyclic) bond motifs is 1. The van der Waals surface area contributed by atoms with Crippen LogP contribution in [0.5, 0.6) is 5.75 Å². The van der Waals surface area contributed by atoms with Gasteiger partial charge < -0.3 is 14.7 Å². The highest BCUT2D eigenvalue weighted by molar-refractivity contribution is 7.99. The molecule has 0 spiro atoms. The third kappa shape index (κ3) is 7.47. The lowest BCUT2D eigenvalue weighted by Crippen LogP contribution is -2.41. The van der Waals surface area contributed by atoms with E-state index in [2.05, 4.69) is 53.2 Å². The first-order chi connectivity index (χ1) is 17.5. The first-order valence-electron chi connectivity index (χ1n) is 13.1. The molecule has 0 radical (unpaired) electrons. The lowest BCUT2D eigenvalue weighted by Gasteiger charge is -2.39. The Morgan fingerprint density at radius 3 is 2.86 bits per heavy atom. The molecule has 1 aliphatic rings. The number of methoxy groups -OCH3 is 1. The van der Waals surface area contributed by atoms with Gasteiger partial charge in [0, 0.05) is 41.7 Å². The largest absolute Gasteiger partial charge is 0.497 e. The minimum absolute atomic E-state index is 0.266. The molecule has 192 valence electrons. The highest BCUT2D eigenvalue weighted by Gasteiger charge is 2.29. The van der Waals surface area contributed by atoms with Gasteiger partial charge in [-0.25, -0.2) is 0 Å². The van der Waals surface area contributed by atoms with Crippen LogP contribution in [-0.4, -0.2) is 53.5 Å². The Kier molecular flexibility index (Phi) is 9.65. The molecule has 0 saturated carbocycles. The molecule has 1 N–H and O–H groups in total. The van der Waals surface area contributed by atoms with Crippen LogP contribution in [0.25, 0.3) is 10.9 Å². The van der Waals surface area contributed by atoms with Crippen LogP contribution in [0.2, 0.25) is 0 Å². The van der Waals surface area contributed by atoms with Crippen LogP contribution in [0.4, 0.5) is 0 Å². The summed E-state index contributed by atoms with van der Waals surface area (Å²) in [5, 5.41) is 10.5. The molecular formula is C30H38N2O3S. The number of hydrogen-bond acceptors (Lipinski definition) is 5. The van der Waals surface area contributed by atoms with E-state index in [9.17, 15) is 9.90 Å². The van der Waals surface area contributed by atoms with Crippen molar-refractivity contribution in [3.8, 4) is 5.75 Å². The molecule has 5 nitrogen and oxygen atoms in total. The number of rotatable bonds is 12. The second kappa shape index (κ2) is 13.1. The highest BCUT2D eigenvalue weighted by atomic mass is 32.2. The van der Waals surface area contributed by atoms with Crippen LogP contribution in [0.3, 0.4) is 0 Å². The molecule has 2 heterocycles. The number of likely N-dealkylation sites (tertiary alicyclic amines) is 1. The van der Waals surface area contributed by atoms with Crippen molar-refractivity contribution in [1.29, 1.82) is 0 Å². The first-order valence-corrected chi connectivity index (χ1v) is 14.1. The van der Waals surface area contributed by atoms with Crippen molar-refractivity contribution in [2.24, 2.45) is 11.8 Å². The van der Waals surface area contributed by atoms with Crippen LogP contribution in [-0.2, 0) is 11.2 Å². The molecule has 1 aliphatic heterocycles. The van der Waals surface area contributed by atoms with Crippen LogP contribution >= 0.6 is 11.8 Å². The van der Waals surface area contributed by atoms with E-state index in [1.807, 2.05) is 30.1 Å². The second-order valence-electron chi connectivity index (χ2n) is 9.95. The zero-order valence-corrected chi connectivity index (χ0v) is 22.3. The number of aryl methyl sites for hydroxylation is 2. The summed E-state index contributed by atoms with van der Waals surface area (Å²) < 4.78 is 5.42. The molecule has 6 heteroatoms. The zero-order chi connectivity index (χ0) is 25.3. The molecule has 36 heavy (non-hydrogen) atoms. The second-order valence-corrected chi connectivity index (χ2v) is 11.1. The molecule has 2 aromatic carbocycles. The van der Waals surface area contributed by atoms with Gasteiger partial charge in [0.1, 0.15) is 5.75 Å². The van der Waals surface area contributed by atoms with Crippen molar-refractivity contribution >= 4 is 28.6 Å². The van der Waals surface area contributed by atoms with E-state index in [4.69, 9.17) is 4.74 Å². The number of hydrogen-bond donors (Lipinski definition) is 1. The van der Waals surface area contributed by atoms with E-state index in [1.165, 1.54) is 21.4 Å². The summed E-state index contributed by atoms with van der Waals surface area (Å²) in [4.78, 5) is 19.7. The number of piperidine rings is 1. The van der Waals surface area contributed by atoms with Gasteiger partial charge >= 0.3 is 5.97 Å². The quantitative estimate of drug-likeness (QED) is 0.284. The molecule has 0 aliphatic carbocycles. The Morgan fingerprint density at radius 1 is 1.17 bits per heavy atom. The Balaban J connectivity index is 1.31. The fraction of sp³-hybridized carbons (Fsp3) is 0.467. The van der Waals surface area contributed by atoms with E-state index in [-0.39, 0.29) is 6.42 Å². The standard InChI is InChI=1S/C30H38N2O3S/c1-22-5-3-8-27(19-22)36-18-17-32-16-14-23(25(21-32)9-12-30(33)34)6-4-7-24-13-15-31-29-11-10-26(35-2)20-28(24)29/h3,5,8,10-11,13,15,19-20,23,25H,4,6-7,9,12,14,16-18,21H2,1-2H3,(H,33,34)/t23-,25+/m1/s1. The Hall–Kier alpha value is -2.57. The number of carboxylic acid groups (broad SMARTS) is 1. The number of nitrogens with zero attached hydrogens (tertiary/aromatic N) is 2. The monoisotopic (exact) mass is 506 g/mol. The van der Waals surface area contributed by atoms with Crippen molar-refractivity contribution in [1.82, 2.24) is 9.88 Å². The summed E-state index contributed by atoms with van der Waals surface area (Å²) in [6, 6.07) is 16.9. The average Bonchev–Trinajstić information content (AvgIpc) is 2.88. The first kappa shape index (κ1) is 26.5. The van der Waals surface area contributed by atoms with Crippen molar-refractivity contribution in [2.45, 2.75) is 50.3 Å². The highest BCUT2D eigenvalue weighted by Crippen LogP contribution is 2.33. The van der Waals surface area contributed by atoms with E-state index in [0.717, 1.165) is 68.8 Å². The maximum atomic E-state index is 11.3. The van der Waals surface area contributed by atoms with Crippen molar-refractivity contribution in [3.63, 3.8) is 0 Å². The molecule has 1 saturated heterocycles. The summed E-state index contributed by atoms with van der Waals surface area (Å²) in [5.74, 6) is 2.29. The number of carboxylic acids is 1. The van der Waals surface area contributed by atoms with Gasteiger partial charge in [0.15, 0.2) is 0 Å². The summed E-state index contributed by atoms with van der Waals surface area (Å²) >= 11 is 1.91. The number of pyridine rings is 1. The van der Waals surface area contributed by atoms with E-state index < -0.39 is 5.97 Å². The predicted molar refractivity (Wildman–Crippen MR) is 148 cm³/mol. The number of thioether (sulfide) groups is 1. The molecule has 2 atom stereocenters. The minimum atomic E-state index is -0.682. The number of aromatic nitrogens is 1. The van der Waals surface area contributed by atoms with Gasteiger partial charge in [-0.1, -0.05) is 17.7 Å². The van der Waals surface area contributed by atoms with Crippen LogP contribution < -0.4 is 4.74 Å². The minimum Gasteiger partial charge on any atom is -0.497 e. The fourth-order valence-electron chi connectivity index (χ4n) is 5.45. The van der Waals surface area contributed by atoms with Gasteiger partial charge in [-0.05, 0) is 99.4 Å². The Labute approximate surface area is 219 Å². The Bertz CT molecular complexity index is 1150. The maximum Gasteiger partial charge on any atom is 0.303 e. The number of aliphatic carboxylic acids is 1. The molecule has 1 fully saturated rings. The lowest BCUT2D eigenvalue weighted by atomic mass is 9.79. The van der Waals surface area contributed by atoms with Gasteiger partial charge in [0.05, 0.1) is 12.6 Å². The summed E-state index contributed by atoms with van der Waals surface area (Å²) in [6.07, 6.45) is 7.35. The van der Waals surface area contributed by atoms with Gasteiger partial charge in [-0.15, -0.1) is 11.8 Å². The summed E-state index contributed by atoms with van der Waals surface area (Å²) in [5.41, 5.74) is 3.62. The molecule has 0 bridgehead atoms. The van der Waals surface area contributed by atoms with Crippen LogP contribution in [0, 0.1) is 18.8 Å². The fourth-order valence-corrected chi connectivity index (χ4v) is 6.48.